The molecule has 20 heavy (non-hydrogen) atoms. The molecule has 4 nitrogen and oxygen atoms in total. The number of urea groups is 1. The molecule has 0 spiro atoms. The summed E-state index contributed by atoms with van der Waals surface area (Å²) in [5.41, 5.74) is 0.481. The van der Waals surface area contributed by atoms with Crippen LogP contribution in [-0.4, -0.2) is 34.3 Å². The molecule has 0 unspecified atom stereocenters. The van der Waals surface area contributed by atoms with Gasteiger partial charge in [-0.1, -0.05) is 36.4 Å². The summed E-state index contributed by atoms with van der Waals surface area (Å²) >= 11 is 0. The highest BCUT2D eigenvalue weighted by Crippen LogP contribution is 2.25. The van der Waals surface area contributed by atoms with Gasteiger partial charge >= 0.3 is 6.03 Å². The molecule has 3 amide bonds. The van der Waals surface area contributed by atoms with E-state index >= 15 is 0 Å². The van der Waals surface area contributed by atoms with Gasteiger partial charge in [-0.3, -0.25) is 4.79 Å². The Labute approximate surface area is 119 Å². The Bertz CT molecular complexity index is 535. The number of benzene rings is 1. The van der Waals surface area contributed by atoms with Crippen LogP contribution in [0.25, 0.3) is 0 Å². The van der Waals surface area contributed by atoms with Gasteiger partial charge in [0.15, 0.2) is 0 Å². The molecule has 2 rings (SSSR count). The highest BCUT2D eigenvalue weighted by molar-refractivity contribution is 6.07. The molecule has 0 N–H and O–H groups in total. The SMILES string of the molecule is CN1C(=O)N(/C=C\CCc2ccccc2)C(=O)C1(C)C. The highest BCUT2D eigenvalue weighted by Gasteiger charge is 2.48. The van der Waals surface area contributed by atoms with E-state index in [-0.39, 0.29) is 11.9 Å². The molecule has 0 bridgehead atoms. The van der Waals surface area contributed by atoms with Gasteiger partial charge in [-0.05, 0) is 32.3 Å². The van der Waals surface area contributed by atoms with Crippen LogP contribution in [-0.2, 0) is 11.2 Å². The zero-order valence-electron chi connectivity index (χ0n) is 12.2. The number of imide groups is 1. The molecule has 0 saturated carbocycles. The number of allylic oxidation sites excluding steroid dienone is 1. The summed E-state index contributed by atoms with van der Waals surface area (Å²) in [4.78, 5) is 26.8. The Morgan fingerprint density at radius 2 is 1.80 bits per heavy atom. The third kappa shape index (κ3) is 2.59. The summed E-state index contributed by atoms with van der Waals surface area (Å²) in [6, 6.07) is 9.86. The number of carbonyl (C=O) groups excluding carboxylic acids is 2. The van der Waals surface area contributed by atoms with Crippen LogP contribution in [0.2, 0.25) is 0 Å². The second kappa shape index (κ2) is 5.49. The number of carbonyl (C=O) groups is 2. The van der Waals surface area contributed by atoms with E-state index in [2.05, 4.69) is 12.1 Å². The van der Waals surface area contributed by atoms with Crippen LogP contribution in [0.5, 0.6) is 0 Å². The first kappa shape index (κ1) is 14.3. The van der Waals surface area contributed by atoms with E-state index < -0.39 is 5.54 Å². The maximum atomic E-state index is 12.1. The number of likely N-dealkylation sites (N-methyl/N-ethyl adjacent to an activating group) is 1. The molecule has 106 valence electrons. The standard InChI is InChI=1S/C16H20N2O2/c1-16(2)14(19)18(15(20)17(16)3)12-8-7-11-13-9-5-4-6-10-13/h4-6,8-10,12H,7,11H2,1-3H3/b12-8-. The monoisotopic (exact) mass is 272 g/mol. The van der Waals surface area contributed by atoms with E-state index in [0.29, 0.717) is 0 Å². The fraction of sp³-hybridized carbons (Fsp3) is 0.375. The molecule has 1 aliphatic rings. The van der Waals surface area contributed by atoms with E-state index in [1.807, 2.05) is 24.3 Å². The van der Waals surface area contributed by atoms with Gasteiger partial charge in [-0.2, -0.15) is 0 Å². The summed E-state index contributed by atoms with van der Waals surface area (Å²) in [6.07, 6.45) is 5.16. The lowest BCUT2D eigenvalue weighted by molar-refractivity contribution is -0.129. The fourth-order valence-corrected chi connectivity index (χ4v) is 2.13. The summed E-state index contributed by atoms with van der Waals surface area (Å²) in [5, 5.41) is 0. The molecular formula is C16H20N2O2. The molecule has 1 aliphatic heterocycles. The molecule has 1 fully saturated rings. The van der Waals surface area contributed by atoms with Crippen molar-refractivity contribution in [2.75, 3.05) is 7.05 Å². The zero-order valence-corrected chi connectivity index (χ0v) is 12.2. The second-order valence-corrected chi connectivity index (χ2v) is 5.48. The smallest absolute Gasteiger partial charge is 0.313 e. The van der Waals surface area contributed by atoms with E-state index in [1.165, 1.54) is 15.4 Å². The Kier molecular flexibility index (Phi) is 3.93. The number of rotatable bonds is 4. The van der Waals surface area contributed by atoms with Crippen LogP contribution >= 0.6 is 0 Å². The van der Waals surface area contributed by atoms with Crippen molar-refractivity contribution in [3.8, 4) is 0 Å². The van der Waals surface area contributed by atoms with Gasteiger partial charge in [-0.25, -0.2) is 9.69 Å². The minimum absolute atomic E-state index is 0.180. The normalized spacial score (nSPS) is 18.4. The molecule has 1 aromatic carbocycles. The first-order chi connectivity index (χ1) is 9.44. The third-order valence-electron chi connectivity index (χ3n) is 3.77. The maximum absolute atomic E-state index is 12.1. The molecule has 4 heteroatoms. The molecule has 0 radical (unpaired) electrons. The van der Waals surface area contributed by atoms with E-state index in [9.17, 15) is 9.59 Å². The van der Waals surface area contributed by atoms with E-state index in [1.54, 1.807) is 27.1 Å². The van der Waals surface area contributed by atoms with Crippen molar-refractivity contribution in [1.82, 2.24) is 9.80 Å². The van der Waals surface area contributed by atoms with Crippen molar-refractivity contribution in [3.63, 3.8) is 0 Å². The van der Waals surface area contributed by atoms with E-state index in [0.717, 1.165) is 12.8 Å². The number of amides is 3. The Morgan fingerprint density at radius 1 is 1.15 bits per heavy atom. The minimum atomic E-state index is -0.763. The maximum Gasteiger partial charge on any atom is 0.331 e. The van der Waals surface area contributed by atoms with Crippen LogP contribution in [0.4, 0.5) is 4.79 Å². The lowest BCUT2D eigenvalue weighted by Gasteiger charge is -2.22. The third-order valence-corrected chi connectivity index (χ3v) is 3.77. The van der Waals surface area contributed by atoms with Gasteiger partial charge in [0.1, 0.15) is 5.54 Å². The number of aryl methyl sites for hydroxylation is 1. The average Bonchev–Trinajstić information content (AvgIpc) is 2.59. The van der Waals surface area contributed by atoms with Crippen LogP contribution in [0, 0.1) is 0 Å². The lowest BCUT2D eigenvalue weighted by atomic mass is 10.1. The molecule has 0 aliphatic carbocycles. The van der Waals surface area contributed by atoms with Crippen molar-refractivity contribution in [1.29, 1.82) is 0 Å². The van der Waals surface area contributed by atoms with Gasteiger partial charge in [0.25, 0.3) is 5.91 Å². The van der Waals surface area contributed by atoms with Crippen molar-refractivity contribution in [3.05, 3.63) is 48.2 Å². The average molecular weight is 272 g/mol. The van der Waals surface area contributed by atoms with Gasteiger partial charge in [0, 0.05) is 13.2 Å². The fourth-order valence-electron chi connectivity index (χ4n) is 2.13. The van der Waals surface area contributed by atoms with Crippen LogP contribution < -0.4 is 0 Å². The summed E-state index contributed by atoms with van der Waals surface area (Å²) in [6.45, 7) is 3.51. The van der Waals surface area contributed by atoms with Gasteiger partial charge in [-0.15, -0.1) is 0 Å². The van der Waals surface area contributed by atoms with Crippen molar-refractivity contribution < 1.29 is 9.59 Å². The van der Waals surface area contributed by atoms with Gasteiger partial charge < -0.3 is 4.90 Å². The Morgan fingerprint density at radius 3 is 2.35 bits per heavy atom. The Balaban J connectivity index is 1.95. The summed E-state index contributed by atoms with van der Waals surface area (Å²) in [7, 11) is 1.65. The zero-order chi connectivity index (χ0) is 14.8. The van der Waals surface area contributed by atoms with Crippen LogP contribution in [0.15, 0.2) is 42.6 Å². The summed E-state index contributed by atoms with van der Waals surface area (Å²) < 4.78 is 0. The van der Waals surface area contributed by atoms with Crippen molar-refractivity contribution >= 4 is 11.9 Å². The van der Waals surface area contributed by atoms with Crippen LogP contribution in [0.1, 0.15) is 25.8 Å². The molecule has 1 heterocycles. The number of nitrogens with zero attached hydrogens (tertiary/aromatic N) is 2. The quantitative estimate of drug-likeness (QED) is 0.791. The topological polar surface area (TPSA) is 40.6 Å². The van der Waals surface area contributed by atoms with E-state index in [4.69, 9.17) is 0 Å². The second-order valence-electron chi connectivity index (χ2n) is 5.48. The molecule has 0 aromatic heterocycles. The Hall–Kier alpha value is -2.10. The lowest BCUT2D eigenvalue weighted by Crippen LogP contribution is -2.41. The van der Waals surface area contributed by atoms with Crippen LogP contribution in [0.3, 0.4) is 0 Å². The predicted octanol–water partition coefficient (Wildman–Crippen LogP) is 2.81. The number of hydrogen-bond acceptors (Lipinski definition) is 2. The first-order valence-electron chi connectivity index (χ1n) is 6.76. The largest absolute Gasteiger partial charge is 0.331 e. The molecule has 1 aromatic rings. The van der Waals surface area contributed by atoms with Crippen molar-refractivity contribution in [2.45, 2.75) is 32.2 Å². The van der Waals surface area contributed by atoms with Gasteiger partial charge in [0.05, 0.1) is 0 Å². The molecule has 1 saturated heterocycles. The molecule has 0 atom stereocenters. The van der Waals surface area contributed by atoms with Gasteiger partial charge in [0.2, 0.25) is 0 Å². The summed E-state index contributed by atoms with van der Waals surface area (Å²) in [5.74, 6) is -0.180. The predicted molar refractivity (Wildman–Crippen MR) is 78.0 cm³/mol. The molecular weight excluding hydrogens is 252 g/mol. The van der Waals surface area contributed by atoms with Crippen molar-refractivity contribution in [2.24, 2.45) is 0 Å². The first-order valence-corrected chi connectivity index (χ1v) is 6.76. The number of hydrogen-bond donors (Lipinski definition) is 0. The minimum Gasteiger partial charge on any atom is -0.313 e. The highest BCUT2D eigenvalue weighted by atomic mass is 16.2.